The molecule has 0 radical (unpaired) electrons. The SMILES string of the molecule is CCc1c(C(=O)NC(c2ccccc2)c2ccccc2)c(=O)cc(C)n1Cc1cccs1. The molecule has 5 heteroatoms. The molecule has 4 aromatic rings. The molecule has 2 aromatic carbocycles. The fourth-order valence-electron chi connectivity index (χ4n) is 4.07. The van der Waals surface area contributed by atoms with Gasteiger partial charge in [-0.1, -0.05) is 73.7 Å². The molecule has 0 aliphatic rings. The van der Waals surface area contributed by atoms with Gasteiger partial charge in [0.1, 0.15) is 5.56 Å². The molecule has 0 atom stereocenters. The summed E-state index contributed by atoms with van der Waals surface area (Å²) in [4.78, 5) is 27.7. The highest BCUT2D eigenvalue weighted by molar-refractivity contribution is 7.09. The van der Waals surface area contributed by atoms with Gasteiger partial charge in [-0.05, 0) is 35.9 Å². The number of thiophene rings is 1. The van der Waals surface area contributed by atoms with Crippen LogP contribution >= 0.6 is 11.3 Å². The van der Waals surface area contributed by atoms with Gasteiger partial charge in [0.05, 0.1) is 12.6 Å². The van der Waals surface area contributed by atoms with Crippen molar-refractivity contribution in [3.8, 4) is 0 Å². The number of hydrogen-bond donors (Lipinski definition) is 1. The van der Waals surface area contributed by atoms with E-state index in [0.717, 1.165) is 22.5 Å². The van der Waals surface area contributed by atoms with Gasteiger partial charge in [-0.2, -0.15) is 0 Å². The number of amides is 1. The van der Waals surface area contributed by atoms with Crippen molar-refractivity contribution >= 4 is 17.2 Å². The van der Waals surface area contributed by atoms with Crippen LogP contribution in [0.15, 0.2) is 89.0 Å². The van der Waals surface area contributed by atoms with Gasteiger partial charge in [0.2, 0.25) is 0 Å². The van der Waals surface area contributed by atoms with Gasteiger partial charge in [0.25, 0.3) is 5.91 Å². The number of hydrogen-bond acceptors (Lipinski definition) is 3. The lowest BCUT2D eigenvalue weighted by molar-refractivity contribution is 0.0940. The van der Waals surface area contributed by atoms with Gasteiger partial charge in [-0.25, -0.2) is 0 Å². The summed E-state index contributed by atoms with van der Waals surface area (Å²) in [5, 5.41) is 5.18. The molecule has 1 N–H and O–H groups in total. The monoisotopic (exact) mass is 442 g/mol. The van der Waals surface area contributed by atoms with E-state index >= 15 is 0 Å². The lowest BCUT2D eigenvalue weighted by Crippen LogP contribution is -2.35. The van der Waals surface area contributed by atoms with Crippen LogP contribution in [-0.2, 0) is 13.0 Å². The van der Waals surface area contributed by atoms with E-state index in [2.05, 4.69) is 16.0 Å². The zero-order chi connectivity index (χ0) is 22.5. The molecule has 32 heavy (non-hydrogen) atoms. The highest BCUT2D eigenvalue weighted by Gasteiger charge is 2.23. The van der Waals surface area contributed by atoms with E-state index in [1.54, 1.807) is 17.4 Å². The van der Waals surface area contributed by atoms with Crippen LogP contribution in [0.3, 0.4) is 0 Å². The van der Waals surface area contributed by atoms with Crippen LogP contribution < -0.4 is 10.7 Å². The Morgan fingerprint density at radius 1 is 0.969 bits per heavy atom. The number of pyridine rings is 1. The molecule has 0 unspecified atom stereocenters. The van der Waals surface area contributed by atoms with Crippen molar-refractivity contribution in [2.75, 3.05) is 0 Å². The molecule has 0 aliphatic heterocycles. The highest BCUT2D eigenvalue weighted by Crippen LogP contribution is 2.23. The number of carbonyl (C=O) groups is 1. The van der Waals surface area contributed by atoms with Crippen LogP contribution in [-0.4, -0.2) is 10.5 Å². The average Bonchev–Trinajstić information content (AvgIpc) is 3.33. The van der Waals surface area contributed by atoms with Gasteiger partial charge in [0, 0.05) is 22.3 Å². The summed E-state index contributed by atoms with van der Waals surface area (Å²) in [6.07, 6.45) is 0.590. The summed E-state index contributed by atoms with van der Waals surface area (Å²) in [6, 6.07) is 25.0. The average molecular weight is 443 g/mol. The first-order valence-corrected chi connectivity index (χ1v) is 11.6. The number of benzene rings is 2. The summed E-state index contributed by atoms with van der Waals surface area (Å²) >= 11 is 1.67. The quantitative estimate of drug-likeness (QED) is 0.420. The number of aromatic nitrogens is 1. The predicted octanol–water partition coefficient (Wildman–Crippen LogP) is 5.35. The number of nitrogens with zero attached hydrogens (tertiary/aromatic N) is 1. The highest BCUT2D eigenvalue weighted by atomic mass is 32.1. The summed E-state index contributed by atoms with van der Waals surface area (Å²) in [7, 11) is 0. The summed E-state index contributed by atoms with van der Waals surface area (Å²) in [5.41, 5.74) is 3.55. The largest absolute Gasteiger partial charge is 0.343 e. The van der Waals surface area contributed by atoms with Crippen molar-refractivity contribution in [3.63, 3.8) is 0 Å². The van der Waals surface area contributed by atoms with Crippen molar-refractivity contribution in [1.29, 1.82) is 0 Å². The third kappa shape index (κ3) is 4.58. The topological polar surface area (TPSA) is 51.1 Å². The molecule has 2 heterocycles. The Bertz CT molecular complexity index is 1210. The Kier molecular flexibility index (Phi) is 6.66. The van der Waals surface area contributed by atoms with Crippen LogP contribution in [0, 0.1) is 6.92 Å². The Hall–Kier alpha value is -3.44. The van der Waals surface area contributed by atoms with E-state index in [9.17, 15) is 9.59 Å². The zero-order valence-corrected chi connectivity index (χ0v) is 19.1. The molecule has 0 aliphatic carbocycles. The van der Waals surface area contributed by atoms with Crippen molar-refractivity contribution in [2.24, 2.45) is 0 Å². The smallest absolute Gasteiger partial charge is 0.257 e. The molecule has 0 bridgehead atoms. The lowest BCUT2D eigenvalue weighted by atomic mass is 9.98. The minimum Gasteiger partial charge on any atom is -0.343 e. The second kappa shape index (κ2) is 9.79. The number of rotatable bonds is 7. The second-order valence-electron chi connectivity index (χ2n) is 7.72. The van der Waals surface area contributed by atoms with E-state index in [0.29, 0.717) is 13.0 Å². The van der Waals surface area contributed by atoms with E-state index in [4.69, 9.17) is 0 Å². The molecule has 0 saturated heterocycles. The normalized spacial score (nSPS) is 11.0. The van der Waals surface area contributed by atoms with Gasteiger partial charge >= 0.3 is 0 Å². The zero-order valence-electron chi connectivity index (χ0n) is 18.2. The number of carbonyl (C=O) groups excluding carboxylic acids is 1. The maximum atomic E-state index is 13.5. The Morgan fingerprint density at radius 2 is 1.59 bits per heavy atom. The fourth-order valence-corrected chi connectivity index (χ4v) is 4.77. The third-order valence-corrected chi connectivity index (χ3v) is 6.48. The minimum absolute atomic E-state index is 0.228. The van der Waals surface area contributed by atoms with Crippen molar-refractivity contribution in [3.05, 3.63) is 127 Å². The predicted molar refractivity (Wildman–Crippen MR) is 130 cm³/mol. The van der Waals surface area contributed by atoms with E-state index in [1.165, 1.54) is 4.88 Å². The summed E-state index contributed by atoms with van der Waals surface area (Å²) in [5.74, 6) is -0.343. The molecule has 0 saturated carbocycles. The van der Waals surface area contributed by atoms with E-state index in [1.807, 2.05) is 86.0 Å². The standard InChI is InChI=1S/C27H26N2O2S/c1-3-23-25(24(30)17-19(2)29(23)18-22-15-10-16-32-22)27(31)28-26(20-11-6-4-7-12-20)21-13-8-5-9-14-21/h4-17,26H,3,18H2,1-2H3,(H,28,31). The number of nitrogens with one attached hydrogen (secondary N) is 1. The first-order valence-electron chi connectivity index (χ1n) is 10.7. The van der Waals surface area contributed by atoms with Gasteiger partial charge < -0.3 is 9.88 Å². The first-order chi connectivity index (χ1) is 15.6. The minimum atomic E-state index is -0.346. The molecular weight excluding hydrogens is 416 g/mol. The summed E-state index contributed by atoms with van der Waals surface area (Å²) in [6.45, 7) is 4.56. The molecule has 2 aromatic heterocycles. The second-order valence-corrected chi connectivity index (χ2v) is 8.75. The Labute approximate surface area is 192 Å². The Balaban J connectivity index is 1.75. The summed E-state index contributed by atoms with van der Waals surface area (Å²) < 4.78 is 2.09. The van der Waals surface area contributed by atoms with Crippen molar-refractivity contribution < 1.29 is 4.79 Å². The molecular formula is C27H26N2O2S. The van der Waals surface area contributed by atoms with Crippen LogP contribution in [0.1, 0.15) is 50.7 Å². The van der Waals surface area contributed by atoms with E-state index in [-0.39, 0.29) is 22.9 Å². The van der Waals surface area contributed by atoms with Crippen LogP contribution in [0.5, 0.6) is 0 Å². The third-order valence-electron chi connectivity index (χ3n) is 5.62. The van der Waals surface area contributed by atoms with Crippen molar-refractivity contribution in [2.45, 2.75) is 32.9 Å². The Morgan fingerprint density at radius 3 is 2.12 bits per heavy atom. The first kappa shape index (κ1) is 21.8. The molecule has 0 fully saturated rings. The van der Waals surface area contributed by atoms with Crippen LogP contribution in [0.25, 0.3) is 0 Å². The number of aryl methyl sites for hydroxylation is 1. The maximum absolute atomic E-state index is 13.5. The van der Waals surface area contributed by atoms with Crippen LogP contribution in [0.4, 0.5) is 0 Å². The van der Waals surface area contributed by atoms with Gasteiger partial charge in [0.15, 0.2) is 5.43 Å². The molecule has 4 rings (SSSR count). The fraction of sp³-hybridized carbons (Fsp3) is 0.185. The van der Waals surface area contributed by atoms with E-state index < -0.39 is 0 Å². The van der Waals surface area contributed by atoms with Crippen molar-refractivity contribution in [1.82, 2.24) is 9.88 Å². The van der Waals surface area contributed by atoms with Gasteiger partial charge in [-0.15, -0.1) is 11.3 Å². The van der Waals surface area contributed by atoms with Gasteiger partial charge in [-0.3, -0.25) is 9.59 Å². The van der Waals surface area contributed by atoms with Crippen LogP contribution in [0.2, 0.25) is 0 Å². The molecule has 162 valence electrons. The molecule has 0 spiro atoms. The molecule has 4 nitrogen and oxygen atoms in total. The maximum Gasteiger partial charge on any atom is 0.257 e. The lowest BCUT2D eigenvalue weighted by Gasteiger charge is -2.22. The molecule has 1 amide bonds.